The van der Waals surface area contributed by atoms with Gasteiger partial charge in [-0.05, 0) is 98.1 Å². The van der Waals surface area contributed by atoms with Gasteiger partial charge in [-0.2, -0.15) is 13.7 Å². The molecule has 0 aromatic heterocycles. The van der Waals surface area contributed by atoms with Gasteiger partial charge in [-0.3, -0.25) is 19.0 Å². The van der Waals surface area contributed by atoms with Gasteiger partial charge in [-0.15, -0.1) is 10.2 Å². The second-order valence-corrected chi connectivity index (χ2v) is 18.3. The number of carbonyl (C=O) groups excluding carboxylic acids is 1. The Labute approximate surface area is 385 Å². The number of phenolic OH excluding ortho intramolecular Hbond substituents is 2. The van der Waals surface area contributed by atoms with E-state index in [0.717, 1.165) is 22.8 Å². The van der Waals surface area contributed by atoms with Gasteiger partial charge in [0.1, 0.15) is 29.0 Å². The predicted molar refractivity (Wildman–Crippen MR) is 254 cm³/mol. The lowest BCUT2D eigenvalue weighted by Gasteiger charge is -2.30. The number of nitrogens with one attached hydrogen (secondary N) is 4. The van der Waals surface area contributed by atoms with Crippen LogP contribution in [0.15, 0.2) is 112 Å². The van der Waals surface area contributed by atoms with Crippen molar-refractivity contribution in [1.82, 2.24) is 0 Å². The normalized spacial score (nSPS) is 13.7. The smallest absolute Gasteiger partial charge is 0.316 e. The first-order valence-electron chi connectivity index (χ1n) is 20.3. The van der Waals surface area contributed by atoms with E-state index in [-0.39, 0.29) is 84.8 Å². The van der Waals surface area contributed by atoms with E-state index in [1.807, 2.05) is 25.7 Å². The summed E-state index contributed by atoms with van der Waals surface area (Å²) >= 11 is -4.48. The lowest BCUT2D eigenvalue weighted by Crippen LogP contribution is -2.36. The summed E-state index contributed by atoms with van der Waals surface area (Å²) in [6, 6.07) is 26.2. The molecule has 1 aliphatic heterocycles. The number of ether oxygens (including phenoxy) is 1. The zero-order valence-electron chi connectivity index (χ0n) is 35.9. The fraction of sp³-hybridized carbons (Fsp3) is 0.200. The lowest BCUT2D eigenvalue weighted by atomic mass is 10.0. The van der Waals surface area contributed by atoms with E-state index >= 15 is 0 Å². The number of azo groups is 1. The van der Waals surface area contributed by atoms with Crippen LogP contribution in [0.3, 0.4) is 0 Å². The molecule has 18 nitrogen and oxygen atoms in total. The zero-order valence-corrected chi connectivity index (χ0v) is 38.4. The number of aromatic hydroxyl groups is 2. The summed E-state index contributed by atoms with van der Waals surface area (Å²) in [7, 11) is -4.43. The fourth-order valence-corrected chi connectivity index (χ4v) is 9.19. The van der Waals surface area contributed by atoms with E-state index in [1.165, 1.54) is 48.5 Å². The highest BCUT2D eigenvalue weighted by Crippen LogP contribution is 2.44. The molecule has 2 atom stereocenters. The van der Waals surface area contributed by atoms with Crippen molar-refractivity contribution in [3.05, 3.63) is 119 Å². The molecule has 7 rings (SSSR count). The molecule has 1 aliphatic rings. The Bertz CT molecular complexity index is 3080. The lowest BCUT2D eigenvalue weighted by molar-refractivity contribution is -0.115. The average molecular weight is 953 g/mol. The van der Waals surface area contributed by atoms with Crippen LogP contribution in [0, 0.1) is 32.1 Å². The number of fused-ring (bicyclic) bond motifs is 1. The average Bonchev–Trinajstić information content (AvgIpc) is 3.29. The second-order valence-electron chi connectivity index (χ2n) is 14.9. The molecule has 1 amide bonds. The topological polar surface area (TPSA) is 253 Å². The van der Waals surface area contributed by atoms with Crippen LogP contribution < -0.4 is 32.7 Å². The van der Waals surface area contributed by atoms with Gasteiger partial charge in [0.15, 0.2) is 5.75 Å². The molecule has 0 aliphatic carbocycles. The molecule has 1 fully saturated rings. The van der Waals surface area contributed by atoms with Crippen LogP contribution in [0.25, 0.3) is 10.8 Å². The van der Waals surface area contributed by atoms with Crippen LogP contribution in [-0.2, 0) is 42.1 Å². The van der Waals surface area contributed by atoms with E-state index in [4.69, 9.17) is 13.1 Å². The van der Waals surface area contributed by atoms with Crippen molar-refractivity contribution in [2.45, 2.75) is 39.0 Å². The highest BCUT2D eigenvalue weighted by Gasteiger charge is 2.23. The number of nitrogens with zero attached hydrogens (tertiary/aromatic N) is 4. The molecule has 1 heterocycles. The minimum absolute atomic E-state index is 0.00782. The SMILES string of the molecule is CCC(=O)Nc1cc(N=Nc2ccc(C)cc2C#N)c2c(NS(=O)(=O)c3cccc(OS(=O)Nc4ccc(N5CCOCC5)c(OS(=O)Nc5cc(C)c(C)cc5O)c4)c3)cccc2c1O. The molecule has 21 heteroatoms. The maximum atomic E-state index is 14.0. The molecule has 342 valence electrons. The molecule has 0 bridgehead atoms. The molecule has 2 unspecified atom stereocenters. The number of morpholine rings is 1. The van der Waals surface area contributed by atoms with Gasteiger partial charge < -0.3 is 33.5 Å². The third-order valence-electron chi connectivity index (χ3n) is 10.3. The van der Waals surface area contributed by atoms with Crippen LogP contribution in [0.4, 0.5) is 39.8 Å². The van der Waals surface area contributed by atoms with Crippen LogP contribution in [0.1, 0.15) is 35.6 Å². The molecule has 6 N–H and O–H groups in total. The molecule has 0 saturated carbocycles. The Morgan fingerprint density at radius 2 is 1.56 bits per heavy atom. The quantitative estimate of drug-likeness (QED) is 0.0394. The van der Waals surface area contributed by atoms with Crippen molar-refractivity contribution in [2.24, 2.45) is 10.2 Å². The Morgan fingerprint density at radius 3 is 2.32 bits per heavy atom. The van der Waals surface area contributed by atoms with Gasteiger partial charge in [-0.1, -0.05) is 31.2 Å². The first-order chi connectivity index (χ1) is 31.6. The standard InChI is InChI=1S/C45H44N8O10S3/c1-5-43(55)47-39-25-38(49-48-35-14-12-27(2)20-30(35)26-46)44-34(45(39)56)10-7-11-36(44)52-66(59,60)33-9-6-8-32(24-33)62-64(57)50-31-13-15-40(53-16-18-61-19-17-53)42(23-31)63-65(58)51-37-21-28(3)29(4)22-41(37)54/h6-15,20-25,50-52,54,56H,5,16-19H2,1-4H3,(H,47,55). The Balaban J connectivity index is 1.13. The summed E-state index contributed by atoms with van der Waals surface area (Å²) in [5.41, 5.74) is 4.12. The molecule has 66 heavy (non-hydrogen) atoms. The number of hydrogen-bond donors (Lipinski definition) is 6. The molecule has 6 aromatic rings. The van der Waals surface area contributed by atoms with E-state index in [0.29, 0.717) is 32.0 Å². The minimum Gasteiger partial charge on any atom is -0.506 e. The zero-order chi connectivity index (χ0) is 47.1. The third kappa shape index (κ3) is 11.0. The van der Waals surface area contributed by atoms with Crippen molar-refractivity contribution < 1.29 is 44.9 Å². The Hall–Kier alpha value is -7.25. The number of hydrogen-bond acceptors (Lipinski definition) is 14. The molecular weight excluding hydrogens is 909 g/mol. The van der Waals surface area contributed by atoms with E-state index < -0.39 is 38.5 Å². The highest BCUT2D eigenvalue weighted by molar-refractivity contribution is 7.92. The maximum absolute atomic E-state index is 14.0. The van der Waals surface area contributed by atoms with Crippen molar-refractivity contribution >= 4 is 89.0 Å². The Kier molecular flexibility index (Phi) is 14.4. The van der Waals surface area contributed by atoms with Crippen LogP contribution in [0.5, 0.6) is 23.0 Å². The third-order valence-corrected chi connectivity index (χ3v) is 13.1. The predicted octanol–water partition coefficient (Wildman–Crippen LogP) is 8.59. The van der Waals surface area contributed by atoms with Gasteiger partial charge in [0.25, 0.3) is 10.0 Å². The number of carbonyl (C=O) groups is 1. The van der Waals surface area contributed by atoms with Crippen LogP contribution >= 0.6 is 0 Å². The van der Waals surface area contributed by atoms with Crippen molar-refractivity contribution in [3.8, 4) is 29.1 Å². The van der Waals surface area contributed by atoms with Gasteiger partial charge in [0.2, 0.25) is 5.91 Å². The second kappa shape index (κ2) is 20.3. The van der Waals surface area contributed by atoms with Crippen molar-refractivity contribution in [3.63, 3.8) is 0 Å². The molecule has 0 radical (unpaired) electrons. The van der Waals surface area contributed by atoms with Crippen molar-refractivity contribution in [2.75, 3.05) is 50.7 Å². The summed E-state index contributed by atoms with van der Waals surface area (Å²) in [5.74, 6) is -0.781. The number of anilines is 5. The molecular formula is C45H44N8O10S3. The fourth-order valence-electron chi connectivity index (χ4n) is 6.77. The summed E-state index contributed by atoms with van der Waals surface area (Å²) in [4.78, 5) is 14.1. The summed E-state index contributed by atoms with van der Waals surface area (Å²) in [6.07, 6.45) is 0.109. The summed E-state index contributed by atoms with van der Waals surface area (Å²) < 4.78 is 79.6. The monoisotopic (exact) mass is 952 g/mol. The van der Waals surface area contributed by atoms with Gasteiger partial charge in [0.05, 0.1) is 57.8 Å². The van der Waals surface area contributed by atoms with Gasteiger partial charge in [-0.25, -0.2) is 8.42 Å². The molecule has 0 spiro atoms. The van der Waals surface area contributed by atoms with E-state index in [9.17, 15) is 37.1 Å². The number of aryl methyl sites for hydroxylation is 3. The number of phenols is 2. The Morgan fingerprint density at radius 1 is 0.833 bits per heavy atom. The maximum Gasteiger partial charge on any atom is 0.316 e. The molecule has 6 aromatic carbocycles. The first-order valence-corrected chi connectivity index (χ1v) is 23.9. The summed E-state index contributed by atoms with van der Waals surface area (Å²) in [6.45, 7) is 9.11. The number of rotatable bonds is 16. The van der Waals surface area contributed by atoms with Crippen LogP contribution in [-0.4, -0.2) is 59.3 Å². The number of amides is 1. The van der Waals surface area contributed by atoms with E-state index in [1.54, 1.807) is 49.4 Å². The summed E-state index contributed by atoms with van der Waals surface area (Å²) in [5, 5.41) is 43.0. The van der Waals surface area contributed by atoms with Gasteiger partial charge >= 0.3 is 22.5 Å². The number of sulfonamides is 1. The van der Waals surface area contributed by atoms with Crippen LogP contribution in [0.2, 0.25) is 0 Å². The molecule has 1 saturated heterocycles. The van der Waals surface area contributed by atoms with Gasteiger partial charge in [0, 0.05) is 42.4 Å². The minimum atomic E-state index is -4.43. The number of benzene rings is 6. The first kappa shape index (κ1) is 46.7. The number of nitriles is 1. The van der Waals surface area contributed by atoms with E-state index in [2.05, 4.69) is 35.8 Å². The largest absolute Gasteiger partial charge is 0.506 e. The van der Waals surface area contributed by atoms with Crippen molar-refractivity contribution in [1.29, 1.82) is 5.26 Å². The highest BCUT2D eigenvalue weighted by atomic mass is 32.2.